The number of carbonyl (C=O) groups is 1. The van der Waals surface area contributed by atoms with Crippen molar-refractivity contribution in [2.75, 3.05) is 0 Å². The quantitative estimate of drug-likeness (QED) is 0.800. The Morgan fingerprint density at radius 2 is 1.68 bits per heavy atom. The highest BCUT2D eigenvalue weighted by molar-refractivity contribution is 6.33. The molecule has 0 saturated heterocycles. The number of aromatic carboxylic acids is 1. The smallest absolute Gasteiger partial charge is 0.337 e. The summed E-state index contributed by atoms with van der Waals surface area (Å²) in [4.78, 5) is 10.8. The summed E-state index contributed by atoms with van der Waals surface area (Å²) in [6.07, 6.45) is 0. The third-order valence-corrected chi connectivity index (χ3v) is 2.82. The van der Waals surface area contributed by atoms with Crippen molar-refractivity contribution in [3.63, 3.8) is 0 Å². The first kappa shape index (κ1) is 13.5. The van der Waals surface area contributed by atoms with Gasteiger partial charge in [0.15, 0.2) is 0 Å². The van der Waals surface area contributed by atoms with Gasteiger partial charge in [-0.2, -0.15) is 10.2 Å². The van der Waals surface area contributed by atoms with E-state index < -0.39 is 5.97 Å². The Morgan fingerprint density at radius 3 is 2.26 bits per heavy atom. The largest absolute Gasteiger partial charge is 0.478 e. The summed E-state index contributed by atoms with van der Waals surface area (Å²) in [5, 5.41) is 17.5. The van der Waals surface area contributed by atoms with Crippen LogP contribution in [0.5, 0.6) is 0 Å². The molecule has 0 aliphatic rings. The standard InChI is InChI=1S/C13H8Cl2N2O2/c14-8-2-1-3-9(6-8)16-17-10-4-5-11(13(18)19)12(15)7-10/h1-7H,(H,18,19)/b17-16+. The number of nitrogens with zero attached hydrogens (tertiary/aromatic N) is 2. The average molecular weight is 295 g/mol. The van der Waals surface area contributed by atoms with Crippen molar-refractivity contribution in [1.29, 1.82) is 0 Å². The van der Waals surface area contributed by atoms with Crippen LogP contribution in [0, 0.1) is 0 Å². The lowest BCUT2D eigenvalue weighted by Crippen LogP contribution is -1.96. The van der Waals surface area contributed by atoms with Crippen molar-refractivity contribution in [2.24, 2.45) is 10.2 Å². The van der Waals surface area contributed by atoms with Gasteiger partial charge in [-0.3, -0.25) is 0 Å². The molecule has 0 saturated carbocycles. The van der Waals surface area contributed by atoms with Crippen LogP contribution in [0.3, 0.4) is 0 Å². The fraction of sp³-hybridized carbons (Fsp3) is 0. The second-order valence-electron chi connectivity index (χ2n) is 3.65. The van der Waals surface area contributed by atoms with Crippen LogP contribution < -0.4 is 0 Å². The topological polar surface area (TPSA) is 62.0 Å². The van der Waals surface area contributed by atoms with E-state index in [9.17, 15) is 4.79 Å². The van der Waals surface area contributed by atoms with Crippen LogP contribution in [0.1, 0.15) is 10.4 Å². The fourth-order valence-corrected chi connectivity index (χ4v) is 1.83. The van der Waals surface area contributed by atoms with E-state index in [0.717, 1.165) is 0 Å². The van der Waals surface area contributed by atoms with Gasteiger partial charge < -0.3 is 5.11 Å². The first-order valence-electron chi connectivity index (χ1n) is 5.26. The number of benzene rings is 2. The second kappa shape index (κ2) is 5.82. The zero-order chi connectivity index (χ0) is 13.8. The number of carboxylic acid groups (broad SMARTS) is 1. The van der Waals surface area contributed by atoms with Crippen LogP contribution in [-0.2, 0) is 0 Å². The first-order valence-corrected chi connectivity index (χ1v) is 6.02. The molecule has 4 nitrogen and oxygen atoms in total. The van der Waals surface area contributed by atoms with Crippen molar-refractivity contribution in [1.82, 2.24) is 0 Å². The highest BCUT2D eigenvalue weighted by Gasteiger charge is 2.08. The third kappa shape index (κ3) is 3.53. The zero-order valence-electron chi connectivity index (χ0n) is 9.55. The minimum atomic E-state index is -1.08. The van der Waals surface area contributed by atoms with Crippen LogP contribution in [0.15, 0.2) is 52.7 Å². The molecule has 1 N–H and O–H groups in total. The third-order valence-electron chi connectivity index (χ3n) is 2.27. The van der Waals surface area contributed by atoms with E-state index in [-0.39, 0.29) is 10.6 Å². The molecule has 0 amide bonds. The van der Waals surface area contributed by atoms with E-state index >= 15 is 0 Å². The lowest BCUT2D eigenvalue weighted by atomic mass is 10.2. The molecule has 2 rings (SSSR count). The molecule has 0 aliphatic heterocycles. The Morgan fingerprint density at radius 1 is 1.00 bits per heavy atom. The second-order valence-corrected chi connectivity index (χ2v) is 4.49. The maximum atomic E-state index is 10.8. The molecule has 0 fully saturated rings. The van der Waals surface area contributed by atoms with Gasteiger partial charge in [0.2, 0.25) is 0 Å². The molecule has 0 aromatic heterocycles. The molecule has 0 heterocycles. The molecule has 6 heteroatoms. The molecular formula is C13H8Cl2N2O2. The number of hydrogen-bond donors (Lipinski definition) is 1. The van der Waals surface area contributed by atoms with Gasteiger partial charge in [-0.1, -0.05) is 29.3 Å². The Hall–Kier alpha value is -1.91. The summed E-state index contributed by atoms with van der Waals surface area (Å²) >= 11 is 11.6. The van der Waals surface area contributed by atoms with E-state index in [1.54, 1.807) is 24.3 Å². The Balaban J connectivity index is 2.24. The summed E-state index contributed by atoms with van der Waals surface area (Å²) in [6.45, 7) is 0. The molecule has 0 atom stereocenters. The highest BCUT2D eigenvalue weighted by atomic mass is 35.5. The summed E-state index contributed by atoms with van der Waals surface area (Å²) < 4.78 is 0. The summed E-state index contributed by atoms with van der Waals surface area (Å²) in [6, 6.07) is 11.3. The predicted molar refractivity (Wildman–Crippen MR) is 74.0 cm³/mol. The number of rotatable bonds is 3. The van der Waals surface area contributed by atoms with Gasteiger partial charge in [0.25, 0.3) is 0 Å². The summed E-state index contributed by atoms with van der Waals surface area (Å²) in [5.41, 5.74) is 1.10. The Labute approximate surface area is 119 Å². The van der Waals surface area contributed by atoms with Crippen LogP contribution in [-0.4, -0.2) is 11.1 Å². The van der Waals surface area contributed by atoms with Gasteiger partial charge in [-0.25, -0.2) is 4.79 Å². The molecular weight excluding hydrogens is 287 g/mol. The Kier molecular flexibility index (Phi) is 4.14. The van der Waals surface area contributed by atoms with Crippen LogP contribution in [0.25, 0.3) is 0 Å². The van der Waals surface area contributed by atoms with Crippen LogP contribution >= 0.6 is 23.2 Å². The molecule has 0 bridgehead atoms. The van der Waals surface area contributed by atoms with Crippen molar-refractivity contribution in [2.45, 2.75) is 0 Å². The predicted octanol–water partition coefficient (Wildman–Crippen LogP) is 5.11. The molecule has 19 heavy (non-hydrogen) atoms. The van der Waals surface area contributed by atoms with E-state index in [2.05, 4.69) is 10.2 Å². The number of halogens is 2. The minimum absolute atomic E-state index is 0.0309. The maximum absolute atomic E-state index is 10.8. The number of hydrogen-bond acceptors (Lipinski definition) is 3. The van der Waals surface area contributed by atoms with Gasteiger partial charge in [-0.05, 0) is 36.4 Å². The highest BCUT2D eigenvalue weighted by Crippen LogP contribution is 2.25. The van der Waals surface area contributed by atoms with Crippen LogP contribution in [0.4, 0.5) is 11.4 Å². The van der Waals surface area contributed by atoms with Gasteiger partial charge in [0, 0.05) is 5.02 Å². The minimum Gasteiger partial charge on any atom is -0.478 e. The van der Waals surface area contributed by atoms with Crippen LogP contribution in [0.2, 0.25) is 10.0 Å². The van der Waals surface area contributed by atoms with Crippen molar-refractivity contribution >= 4 is 40.5 Å². The molecule has 0 unspecified atom stereocenters. The average Bonchev–Trinajstić information content (AvgIpc) is 2.36. The van der Waals surface area contributed by atoms with E-state index in [0.29, 0.717) is 16.4 Å². The summed E-state index contributed by atoms with van der Waals surface area (Å²) in [7, 11) is 0. The van der Waals surface area contributed by atoms with Crippen molar-refractivity contribution in [3.8, 4) is 0 Å². The number of azo groups is 1. The molecule has 0 spiro atoms. The monoisotopic (exact) mass is 294 g/mol. The SMILES string of the molecule is O=C(O)c1ccc(/N=N/c2cccc(Cl)c2)cc1Cl. The summed E-state index contributed by atoms with van der Waals surface area (Å²) in [5.74, 6) is -1.08. The van der Waals surface area contributed by atoms with E-state index in [1.807, 2.05) is 0 Å². The van der Waals surface area contributed by atoms with Gasteiger partial charge >= 0.3 is 5.97 Å². The van der Waals surface area contributed by atoms with E-state index in [1.165, 1.54) is 18.2 Å². The normalized spacial score (nSPS) is 10.8. The lowest BCUT2D eigenvalue weighted by molar-refractivity contribution is 0.0697. The zero-order valence-corrected chi connectivity index (χ0v) is 11.1. The van der Waals surface area contributed by atoms with E-state index in [4.69, 9.17) is 28.3 Å². The van der Waals surface area contributed by atoms with Crippen molar-refractivity contribution < 1.29 is 9.90 Å². The Bertz CT molecular complexity index is 657. The molecule has 2 aromatic rings. The van der Waals surface area contributed by atoms with Gasteiger partial charge in [0.05, 0.1) is 22.0 Å². The molecule has 2 aromatic carbocycles. The van der Waals surface area contributed by atoms with Crippen molar-refractivity contribution in [3.05, 3.63) is 58.1 Å². The fourth-order valence-electron chi connectivity index (χ4n) is 1.39. The number of carboxylic acids is 1. The first-order chi connectivity index (χ1) is 9.06. The lowest BCUT2D eigenvalue weighted by Gasteiger charge is -1.99. The maximum Gasteiger partial charge on any atom is 0.337 e. The van der Waals surface area contributed by atoms with Gasteiger partial charge in [0.1, 0.15) is 0 Å². The molecule has 0 radical (unpaired) electrons. The molecule has 0 aliphatic carbocycles. The molecule has 96 valence electrons. The van der Waals surface area contributed by atoms with Gasteiger partial charge in [-0.15, -0.1) is 0 Å².